The number of ether oxygens (including phenoxy) is 1. The minimum absolute atomic E-state index is 0.0456. The van der Waals surface area contributed by atoms with Crippen LogP contribution in [0, 0.1) is 6.92 Å². The van der Waals surface area contributed by atoms with Gasteiger partial charge in [0.15, 0.2) is 11.5 Å². The number of phenols is 1. The van der Waals surface area contributed by atoms with Crippen molar-refractivity contribution in [1.29, 1.82) is 0 Å². The zero-order chi connectivity index (χ0) is 14.5. The fourth-order valence-corrected chi connectivity index (χ4v) is 2.51. The molecule has 0 aliphatic carbocycles. The molecule has 0 atom stereocenters. The summed E-state index contributed by atoms with van der Waals surface area (Å²) in [5.41, 5.74) is 1.40. The number of hydrogen-bond donors (Lipinski definition) is 2. The van der Waals surface area contributed by atoms with Crippen LogP contribution in [0.15, 0.2) is 23.6 Å². The monoisotopic (exact) mass is 292 g/mol. The number of benzene rings is 1. The van der Waals surface area contributed by atoms with Gasteiger partial charge in [-0.2, -0.15) is 0 Å². The maximum atomic E-state index is 11.9. The van der Waals surface area contributed by atoms with E-state index in [4.69, 9.17) is 4.74 Å². The van der Waals surface area contributed by atoms with Crippen LogP contribution in [0.5, 0.6) is 11.5 Å². The second-order valence-electron chi connectivity index (χ2n) is 4.28. The first kappa shape index (κ1) is 14.3. The summed E-state index contributed by atoms with van der Waals surface area (Å²) >= 11 is 1.59. The van der Waals surface area contributed by atoms with Crippen LogP contribution in [0.3, 0.4) is 0 Å². The van der Waals surface area contributed by atoms with Crippen LogP contribution < -0.4 is 10.1 Å². The summed E-state index contributed by atoms with van der Waals surface area (Å²) in [4.78, 5) is 16.2. The highest BCUT2D eigenvalue weighted by atomic mass is 32.1. The van der Waals surface area contributed by atoms with Gasteiger partial charge in [-0.3, -0.25) is 4.79 Å². The van der Waals surface area contributed by atoms with E-state index in [0.717, 1.165) is 10.7 Å². The van der Waals surface area contributed by atoms with Crippen molar-refractivity contribution in [1.82, 2.24) is 10.3 Å². The third-order valence-electron chi connectivity index (χ3n) is 2.73. The summed E-state index contributed by atoms with van der Waals surface area (Å²) in [6.07, 6.45) is 0.701. The van der Waals surface area contributed by atoms with E-state index in [1.54, 1.807) is 23.5 Å². The van der Waals surface area contributed by atoms with Crippen molar-refractivity contribution in [2.24, 2.45) is 0 Å². The van der Waals surface area contributed by atoms with Gasteiger partial charge in [-0.1, -0.05) is 0 Å². The van der Waals surface area contributed by atoms with E-state index >= 15 is 0 Å². The largest absolute Gasteiger partial charge is 0.504 e. The minimum atomic E-state index is -0.226. The van der Waals surface area contributed by atoms with Gasteiger partial charge < -0.3 is 15.2 Å². The molecule has 0 saturated carbocycles. The average Bonchev–Trinajstić information content (AvgIpc) is 2.84. The van der Waals surface area contributed by atoms with Crippen molar-refractivity contribution >= 4 is 17.2 Å². The van der Waals surface area contributed by atoms with Gasteiger partial charge >= 0.3 is 0 Å². The summed E-state index contributed by atoms with van der Waals surface area (Å²) < 4.78 is 4.93. The molecule has 20 heavy (non-hydrogen) atoms. The molecule has 2 aromatic rings. The molecule has 2 N–H and O–H groups in total. The zero-order valence-electron chi connectivity index (χ0n) is 11.3. The fraction of sp³-hybridized carbons (Fsp3) is 0.286. The minimum Gasteiger partial charge on any atom is -0.504 e. The number of rotatable bonds is 5. The summed E-state index contributed by atoms with van der Waals surface area (Å²) in [6.45, 7) is 2.46. The Morgan fingerprint density at radius 2 is 2.30 bits per heavy atom. The third kappa shape index (κ3) is 3.48. The first-order valence-corrected chi connectivity index (χ1v) is 7.04. The summed E-state index contributed by atoms with van der Waals surface area (Å²) in [6, 6.07) is 4.57. The fourth-order valence-electron chi connectivity index (χ4n) is 1.73. The molecule has 0 saturated heterocycles. The van der Waals surface area contributed by atoms with Gasteiger partial charge in [0.05, 0.1) is 12.1 Å². The molecule has 2 rings (SSSR count). The van der Waals surface area contributed by atoms with Crippen LogP contribution in [-0.2, 0) is 6.42 Å². The van der Waals surface area contributed by atoms with E-state index in [1.165, 1.54) is 13.2 Å². The Morgan fingerprint density at radius 1 is 1.50 bits per heavy atom. The summed E-state index contributed by atoms with van der Waals surface area (Å²) in [7, 11) is 1.46. The predicted molar refractivity (Wildman–Crippen MR) is 77.5 cm³/mol. The number of methoxy groups -OCH3 is 1. The highest BCUT2D eigenvalue weighted by Gasteiger charge is 2.09. The van der Waals surface area contributed by atoms with Crippen molar-refractivity contribution in [3.05, 3.63) is 39.8 Å². The van der Waals surface area contributed by atoms with Crippen LogP contribution in [0.4, 0.5) is 0 Å². The molecular formula is C14H16N2O3S. The Morgan fingerprint density at radius 3 is 2.90 bits per heavy atom. The maximum absolute atomic E-state index is 11.9. The first-order chi connectivity index (χ1) is 9.60. The highest BCUT2D eigenvalue weighted by Crippen LogP contribution is 2.26. The van der Waals surface area contributed by atoms with Gasteiger partial charge in [0.2, 0.25) is 0 Å². The number of carbonyl (C=O) groups excluding carboxylic acids is 1. The van der Waals surface area contributed by atoms with Crippen molar-refractivity contribution < 1.29 is 14.6 Å². The van der Waals surface area contributed by atoms with Crippen molar-refractivity contribution in [3.63, 3.8) is 0 Å². The molecule has 0 aliphatic rings. The van der Waals surface area contributed by atoms with Gasteiger partial charge in [-0.05, 0) is 25.1 Å². The van der Waals surface area contributed by atoms with Crippen LogP contribution in [-0.4, -0.2) is 29.7 Å². The van der Waals surface area contributed by atoms with Gasteiger partial charge in [0, 0.05) is 29.6 Å². The Hall–Kier alpha value is -2.08. The second-order valence-corrected chi connectivity index (χ2v) is 5.22. The lowest BCUT2D eigenvalue weighted by atomic mass is 10.2. The quantitative estimate of drug-likeness (QED) is 0.885. The summed E-state index contributed by atoms with van der Waals surface area (Å²) in [5, 5.41) is 15.4. The Balaban J connectivity index is 1.90. The van der Waals surface area contributed by atoms with E-state index in [2.05, 4.69) is 10.3 Å². The molecule has 0 aliphatic heterocycles. The number of amides is 1. The second kappa shape index (κ2) is 6.38. The number of hydrogen-bond acceptors (Lipinski definition) is 5. The summed E-state index contributed by atoms with van der Waals surface area (Å²) in [5.74, 6) is 0.0757. The number of aromatic hydroxyl groups is 1. The van der Waals surface area contributed by atoms with Gasteiger partial charge in [-0.25, -0.2) is 4.98 Å². The topological polar surface area (TPSA) is 71.5 Å². The molecule has 0 radical (unpaired) electrons. The number of aryl methyl sites for hydroxylation is 1. The number of nitrogens with one attached hydrogen (secondary N) is 1. The molecule has 0 spiro atoms. The molecule has 1 heterocycles. The number of phenolic OH excluding ortho intramolecular Hbond substituents is 1. The molecule has 1 aromatic heterocycles. The lowest BCUT2D eigenvalue weighted by molar-refractivity contribution is 0.0953. The number of thiazole rings is 1. The van der Waals surface area contributed by atoms with Gasteiger partial charge in [0.25, 0.3) is 5.91 Å². The molecule has 1 amide bonds. The van der Waals surface area contributed by atoms with Gasteiger partial charge in [-0.15, -0.1) is 11.3 Å². The highest BCUT2D eigenvalue weighted by molar-refractivity contribution is 7.09. The molecule has 5 nitrogen and oxygen atoms in total. The molecule has 0 bridgehead atoms. The lowest BCUT2D eigenvalue weighted by Crippen LogP contribution is -2.25. The van der Waals surface area contributed by atoms with Crippen LogP contribution in [0.25, 0.3) is 0 Å². The van der Waals surface area contributed by atoms with E-state index in [0.29, 0.717) is 24.3 Å². The smallest absolute Gasteiger partial charge is 0.251 e. The first-order valence-electron chi connectivity index (χ1n) is 6.16. The SMILES string of the molecule is COc1ccc(C(=O)NCCc2nc(C)cs2)cc1O. The standard InChI is InChI=1S/C14H16N2O3S/c1-9-8-20-13(16-9)5-6-15-14(18)10-3-4-12(19-2)11(17)7-10/h3-4,7-8,17H,5-6H2,1-2H3,(H,15,18). The van der Waals surface area contributed by atoms with Crippen molar-refractivity contribution in [2.75, 3.05) is 13.7 Å². The molecule has 0 unspecified atom stereocenters. The number of nitrogens with zero attached hydrogens (tertiary/aromatic N) is 1. The number of aromatic nitrogens is 1. The molecule has 6 heteroatoms. The van der Waals surface area contributed by atoms with E-state index in [1.807, 2.05) is 12.3 Å². The zero-order valence-corrected chi connectivity index (χ0v) is 12.2. The number of carbonyl (C=O) groups is 1. The maximum Gasteiger partial charge on any atom is 0.251 e. The van der Waals surface area contributed by atoms with Crippen molar-refractivity contribution in [2.45, 2.75) is 13.3 Å². The van der Waals surface area contributed by atoms with Crippen molar-refractivity contribution in [3.8, 4) is 11.5 Å². The normalized spacial score (nSPS) is 10.3. The average molecular weight is 292 g/mol. The Kier molecular flexibility index (Phi) is 4.57. The van der Waals surface area contributed by atoms with E-state index in [-0.39, 0.29) is 11.7 Å². The lowest BCUT2D eigenvalue weighted by Gasteiger charge is -2.07. The Labute approximate surface area is 121 Å². The van der Waals surface area contributed by atoms with Gasteiger partial charge in [0.1, 0.15) is 0 Å². The molecule has 106 valence electrons. The molecule has 1 aromatic carbocycles. The van der Waals surface area contributed by atoms with Crippen LogP contribution >= 0.6 is 11.3 Å². The Bertz CT molecular complexity index is 610. The van der Waals surface area contributed by atoms with Crippen LogP contribution in [0.1, 0.15) is 21.1 Å². The van der Waals surface area contributed by atoms with Crippen LogP contribution in [0.2, 0.25) is 0 Å². The third-order valence-corrected chi connectivity index (χ3v) is 3.76. The predicted octanol–water partition coefficient (Wildman–Crippen LogP) is 2.14. The van der Waals surface area contributed by atoms with E-state index < -0.39 is 0 Å². The van der Waals surface area contributed by atoms with E-state index in [9.17, 15) is 9.90 Å². The molecule has 0 fully saturated rings. The molecular weight excluding hydrogens is 276 g/mol.